The molecule has 1 heterocycles. The predicted molar refractivity (Wildman–Crippen MR) is 53.6 cm³/mol. The van der Waals surface area contributed by atoms with Crippen molar-refractivity contribution in [3.05, 3.63) is 25.9 Å². The number of nitrogens with zero attached hydrogens (tertiary/aromatic N) is 2. The minimum atomic E-state index is -1.05. The molecule has 13 heavy (non-hydrogen) atoms. The molecule has 0 bridgehead atoms. The molecule has 0 radical (unpaired) electrons. The van der Waals surface area contributed by atoms with Crippen molar-refractivity contribution >= 4 is 28.6 Å². The van der Waals surface area contributed by atoms with Gasteiger partial charge in [0.25, 0.3) is 5.56 Å². The average molecular weight is 294 g/mol. The molecule has 0 atom stereocenters. The van der Waals surface area contributed by atoms with Crippen LogP contribution in [0, 0.1) is 10.5 Å². The number of halogens is 1. The van der Waals surface area contributed by atoms with Gasteiger partial charge in [-0.3, -0.25) is 14.2 Å². The Morgan fingerprint density at radius 3 is 2.92 bits per heavy atom. The number of rotatable bonds is 2. The maximum atomic E-state index is 11.4. The van der Waals surface area contributed by atoms with Crippen molar-refractivity contribution < 1.29 is 9.90 Å². The first-order chi connectivity index (χ1) is 6.02. The standard InChI is InChI=1S/C7H7IN2O3/c1-4-6(8)7(13)10(3-9-4)2-5(11)12/h3H,2H2,1H3,(H,11,12). The number of aromatic nitrogens is 2. The summed E-state index contributed by atoms with van der Waals surface area (Å²) in [7, 11) is 0. The third kappa shape index (κ3) is 2.27. The molecular formula is C7H7IN2O3. The van der Waals surface area contributed by atoms with Crippen molar-refractivity contribution in [2.75, 3.05) is 0 Å². The van der Waals surface area contributed by atoms with Gasteiger partial charge < -0.3 is 5.11 Å². The quantitative estimate of drug-likeness (QED) is 0.793. The summed E-state index contributed by atoms with van der Waals surface area (Å²) in [5.41, 5.74) is 0.308. The highest BCUT2D eigenvalue weighted by atomic mass is 127. The molecule has 6 heteroatoms. The van der Waals surface area contributed by atoms with Gasteiger partial charge in [-0.15, -0.1) is 0 Å². The molecule has 70 valence electrons. The van der Waals surface area contributed by atoms with E-state index in [1.165, 1.54) is 6.33 Å². The first kappa shape index (κ1) is 10.2. The Morgan fingerprint density at radius 2 is 2.38 bits per heavy atom. The molecule has 5 nitrogen and oxygen atoms in total. The highest BCUT2D eigenvalue weighted by Crippen LogP contribution is 2.00. The summed E-state index contributed by atoms with van der Waals surface area (Å²) in [4.78, 5) is 25.6. The second kappa shape index (κ2) is 3.86. The highest BCUT2D eigenvalue weighted by Gasteiger charge is 2.07. The molecule has 0 fully saturated rings. The molecule has 0 aliphatic carbocycles. The van der Waals surface area contributed by atoms with Crippen LogP contribution in [0.4, 0.5) is 0 Å². The van der Waals surface area contributed by atoms with Crippen LogP contribution < -0.4 is 5.56 Å². The van der Waals surface area contributed by atoms with Gasteiger partial charge in [0.1, 0.15) is 6.54 Å². The Kier molecular flexibility index (Phi) is 3.02. The number of carboxylic acids is 1. The van der Waals surface area contributed by atoms with Crippen LogP contribution in [0.3, 0.4) is 0 Å². The lowest BCUT2D eigenvalue weighted by Crippen LogP contribution is -2.27. The van der Waals surface area contributed by atoms with E-state index in [-0.39, 0.29) is 12.1 Å². The molecular weight excluding hydrogens is 287 g/mol. The summed E-state index contributed by atoms with van der Waals surface area (Å²) in [6.45, 7) is 1.36. The SMILES string of the molecule is Cc1ncn(CC(=O)O)c(=O)c1I. The minimum absolute atomic E-state index is 0.310. The van der Waals surface area contributed by atoms with E-state index in [4.69, 9.17) is 5.11 Å². The zero-order chi connectivity index (χ0) is 10.0. The second-order valence-corrected chi connectivity index (χ2v) is 3.55. The first-order valence-corrected chi connectivity index (χ1v) is 4.53. The van der Waals surface area contributed by atoms with E-state index in [1.54, 1.807) is 6.92 Å². The fourth-order valence-corrected chi connectivity index (χ4v) is 1.25. The molecule has 0 amide bonds. The van der Waals surface area contributed by atoms with Crippen LogP contribution >= 0.6 is 22.6 Å². The van der Waals surface area contributed by atoms with Crippen molar-refractivity contribution in [1.29, 1.82) is 0 Å². The fourth-order valence-electron chi connectivity index (χ4n) is 0.805. The predicted octanol–water partition coefficient (Wildman–Crippen LogP) is 0.241. The zero-order valence-electron chi connectivity index (χ0n) is 6.82. The highest BCUT2D eigenvalue weighted by molar-refractivity contribution is 14.1. The fraction of sp³-hybridized carbons (Fsp3) is 0.286. The summed E-state index contributed by atoms with van der Waals surface area (Å²) in [5, 5.41) is 8.46. The van der Waals surface area contributed by atoms with E-state index in [2.05, 4.69) is 4.98 Å². The third-order valence-corrected chi connectivity index (χ3v) is 2.70. The lowest BCUT2D eigenvalue weighted by atomic mass is 10.4. The number of carboxylic acid groups (broad SMARTS) is 1. The Balaban J connectivity index is 3.19. The van der Waals surface area contributed by atoms with E-state index < -0.39 is 5.97 Å². The van der Waals surface area contributed by atoms with Gasteiger partial charge in [-0.25, -0.2) is 4.98 Å². The van der Waals surface area contributed by atoms with Gasteiger partial charge >= 0.3 is 5.97 Å². The molecule has 0 aliphatic heterocycles. The molecule has 1 aromatic heterocycles. The molecule has 1 aromatic rings. The molecule has 0 aliphatic rings. The maximum absolute atomic E-state index is 11.4. The molecule has 0 saturated heterocycles. The number of carbonyl (C=O) groups is 1. The van der Waals surface area contributed by atoms with Gasteiger partial charge in [0.05, 0.1) is 15.6 Å². The first-order valence-electron chi connectivity index (χ1n) is 3.45. The molecule has 1 N–H and O–H groups in total. The molecule has 0 aromatic carbocycles. The average Bonchev–Trinajstić information content (AvgIpc) is 2.06. The lowest BCUT2D eigenvalue weighted by Gasteiger charge is -2.02. The normalized spacial score (nSPS) is 10.0. The van der Waals surface area contributed by atoms with E-state index in [0.29, 0.717) is 9.26 Å². The lowest BCUT2D eigenvalue weighted by molar-refractivity contribution is -0.137. The van der Waals surface area contributed by atoms with E-state index in [0.717, 1.165) is 4.57 Å². The van der Waals surface area contributed by atoms with Crippen LogP contribution in [-0.2, 0) is 11.3 Å². The smallest absolute Gasteiger partial charge is 0.323 e. The molecule has 1 rings (SSSR count). The van der Waals surface area contributed by atoms with Crippen molar-refractivity contribution in [2.24, 2.45) is 0 Å². The number of aryl methyl sites for hydroxylation is 1. The van der Waals surface area contributed by atoms with Crippen LogP contribution in [0.5, 0.6) is 0 Å². The van der Waals surface area contributed by atoms with Crippen LogP contribution in [-0.4, -0.2) is 20.6 Å². The van der Waals surface area contributed by atoms with Crippen LogP contribution in [0.2, 0.25) is 0 Å². The number of hydrogen-bond donors (Lipinski definition) is 1. The van der Waals surface area contributed by atoms with Crippen LogP contribution in [0.15, 0.2) is 11.1 Å². The van der Waals surface area contributed by atoms with Crippen molar-refractivity contribution in [2.45, 2.75) is 13.5 Å². The zero-order valence-corrected chi connectivity index (χ0v) is 8.98. The van der Waals surface area contributed by atoms with Gasteiger partial charge in [0, 0.05) is 0 Å². The summed E-state index contributed by atoms with van der Waals surface area (Å²) in [6.07, 6.45) is 1.24. The van der Waals surface area contributed by atoms with E-state index >= 15 is 0 Å². The molecule has 0 spiro atoms. The Labute approximate surface area is 87.6 Å². The second-order valence-electron chi connectivity index (χ2n) is 2.47. The molecule has 0 saturated carbocycles. The summed E-state index contributed by atoms with van der Waals surface area (Å²) < 4.78 is 1.53. The monoisotopic (exact) mass is 294 g/mol. The van der Waals surface area contributed by atoms with E-state index in [9.17, 15) is 9.59 Å². The van der Waals surface area contributed by atoms with Crippen molar-refractivity contribution in [3.8, 4) is 0 Å². The van der Waals surface area contributed by atoms with E-state index in [1.807, 2.05) is 22.6 Å². The number of hydrogen-bond acceptors (Lipinski definition) is 3. The Morgan fingerprint density at radius 1 is 1.77 bits per heavy atom. The largest absolute Gasteiger partial charge is 0.480 e. The van der Waals surface area contributed by atoms with Gasteiger partial charge in [-0.1, -0.05) is 0 Å². The van der Waals surface area contributed by atoms with Gasteiger partial charge in [0.2, 0.25) is 0 Å². The third-order valence-electron chi connectivity index (χ3n) is 1.46. The van der Waals surface area contributed by atoms with Gasteiger partial charge in [-0.2, -0.15) is 0 Å². The summed E-state index contributed by atoms with van der Waals surface area (Å²) in [6, 6.07) is 0. The Hall–Kier alpha value is -0.920. The summed E-state index contributed by atoms with van der Waals surface area (Å²) >= 11 is 1.85. The van der Waals surface area contributed by atoms with Crippen molar-refractivity contribution in [3.63, 3.8) is 0 Å². The van der Waals surface area contributed by atoms with Crippen LogP contribution in [0.1, 0.15) is 5.69 Å². The van der Waals surface area contributed by atoms with Gasteiger partial charge in [0.15, 0.2) is 0 Å². The van der Waals surface area contributed by atoms with Crippen LogP contribution in [0.25, 0.3) is 0 Å². The Bertz CT molecular complexity index is 399. The van der Waals surface area contributed by atoms with Crippen molar-refractivity contribution in [1.82, 2.24) is 9.55 Å². The summed E-state index contributed by atoms with van der Waals surface area (Å²) in [5.74, 6) is -1.05. The van der Waals surface area contributed by atoms with Gasteiger partial charge in [-0.05, 0) is 29.5 Å². The minimum Gasteiger partial charge on any atom is -0.480 e. The maximum Gasteiger partial charge on any atom is 0.323 e. The molecule has 0 unspecified atom stereocenters. The topological polar surface area (TPSA) is 72.2 Å². The number of aliphatic carboxylic acids is 1.